The van der Waals surface area contributed by atoms with Gasteiger partial charge in [-0.25, -0.2) is 0 Å². The Morgan fingerprint density at radius 1 is 1.14 bits per heavy atom. The molecule has 0 rings (SSSR count). The van der Waals surface area contributed by atoms with Gasteiger partial charge in [0.1, 0.15) is 0 Å². The molecule has 0 bridgehead atoms. The summed E-state index contributed by atoms with van der Waals surface area (Å²) in [6.45, 7) is 5.04. The Labute approximate surface area is 144 Å². The van der Waals surface area contributed by atoms with Crippen molar-refractivity contribution in [3.63, 3.8) is 0 Å². The molecule has 0 aliphatic heterocycles. The van der Waals surface area contributed by atoms with E-state index in [4.69, 9.17) is 51.8 Å². The van der Waals surface area contributed by atoms with E-state index in [1.165, 1.54) is 0 Å². The highest BCUT2D eigenvalue weighted by molar-refractivity contribution is 7.80. The molecule has 21 heavy (non-hydrogen) atoms. The fraction of sp³-hybridized carbons (Fsp3) is 0.727. The number of nitrogens with zero attached hydrogens (tertiary/aromatic N) is 1. The minimum absolute atomic E-state index is 0.185. The average molecular weight is 379 g/mol. The number of amides is 2. The van der Waals surface area contributed by atoms with Gasteiger partial charge in [0.15, 0.2) is 6.61 Å². The molecule has 0 radical (unpaired) electrons. The molecule has 2 N–H and O–H groups in total. The first-order chi connectivity index (χ1) is 9.72. The number of rotatable bonds is 6. The molecule has 0 spiro atoms. The lowest BCUT2D eigenvalue weighted by Crippen LogP contribution is -2.47. The van der Waals surface area contributed by atoms with Crippen molar-refractivity contribution in [3.05, 3.63) is 0 Å². The number of thiocarbonyl (C=S) groups is 1. The summed E-state index contributed by atoms with van der Waals surface area (Å²) < 4.78 is 2.91. The van der Waals surface area contributed by atoms with Crippen molar-refractivity contribution < 1.29 is 14.3 Å². The zero-order chi connectivity index (χ0) is 16.5. The Morgan fingerprint density at radius 3 is 2.10 bits per heavy atom. The van der Waals surface area contributed by atoms with Gasteiger partial charge in [-0.1, -0.05) is 48.7 Å². The summed E-state index contributed by atoms with van der Waals surface area (Å²) in [4.78, 5) is 24.8. The highest BCUT2D eigenvalue weighted by Gasteiger charge is 2.30. The molecule has 0 heterocycles. The molecular weight excluding hydrogens is 361 g/mol. The molecule has 0 fully saturated rings. The summed E-state index contributed by atoms with van der Waals surface area (Å²) in [6, 6.07) is 0. The van der Waals surface area contributed by atoms with E-state index < -0.39 is 9.70 Å². The minimum Gasteiger partial charge on any atom is -0.460 e. The van der Waals surface area contributed by atoms with Gasteiger partial charge in [0.2, 0.25) is 0 Å². The summed E-state index contributed by atoms with van der Waals surface area (Å²) in [7, 11) is 0. The van der Waals surface area contributed by atoms with Crippen LogP contribution < -0.4 is 10.9 Å². The van der Waals surface area contributed by atoms with Gasteiger partial charge < -0.3 is 9.64 Å². The van der Waals surface area contributed by atoms with Crippen LogP contribution in [0.4, 0.5) is 0 Å². The van der Waals surface area contributed by atoms with Crippen LogP contribution in [0.5, 0.6) is 0 Å². The standard InChI is InChI=1S/C11H18Cl3N3O3S/c1-3-5-17(6-4-2)8(18)7-20-10(21)16-15-9(19)11(12,13)14/h3-7H2,1-2H3,(H,15,19)(H,16,21). The topological polar surface area (TPSA) is 70.7 Å². The summed E-state index contributed by atoms with van der Waals surface area (Å²) in [5.41, 5.74) is 4.28. The van der Waals surface area contributed by atoms with Crippen molar-refractivity contribution >= 4 is 64.0 Å². The molecule has 6 nitrogen and oxygen atoms in total. The predicted octanol–water partition coefficient (Wildman–Crippen LogP) is 1.93. The SMILES string of the molecule is CCCN(CCC)C(=O)COC(=S)NNC(=O)C(Cl)(Cl)Cl. The second-order valence-corrected chi connectivity index (χ2v) is 6.69. The first-order valence-electron chi connectivity index (χ1n) is 6.30. The third-order valence-electron chi connectivity index (χ3n) is 2.20. The van der Waals surface area contributed by atoms with Gasteiger partial charge in [0.05, 0.1) is 0 Å². The van der Waals surface area contributed by atoms with Crippen LogP contribution in [0.3, 0.4) is 0 Å². The largest absolute Gasteiger partial charge is 0.460 e. The van der Waals surface area contributed by atoms with Crippen molar-refractivity contribution in [2.45, 2.75) is 30.5 Å². The summed E-state index contributed by atoms with van der Waals surface area (Å²) in [5.74, 6) is -1.10. The summed E-state index contributed by atoms with van der Waals surface area (Å²) in [6.07, 6.45) is 1.71. The number of hydrazine groups is 1. The Bertz CT molecular complexity index is 371. The molecule has 0 saturated heterocycles. The fourth-order valence-electron chi connectivity index (χ4n) is 1.33. The van der Waals surface area contributed by atoms with Crippen molar-refractivity contribution in [2.75, 3.05) is 19.7 Å². The number of halogens is 3. The highest BCUT2D eigenvalue weighted by Crippen LogP contribution is 2.25. The Kier molecular flexibility index (Phi) is 10.0. The maximum atomic E-state index is 11.9. The third kappa shape index (κ3) is 9.18. The van der Waals surface area contributed by atoms with E-state index in [0.717, 1.165) is 12.8 Å². The molecule has 0 saturated carbocycles. The van der Waals surface area contributed by atoms with Crippen LogP contribution in [0.2, 0.25) is 0 Å². The maximum Gasteiger partial charge on any atom is 0.290 e. The molecule has 10 heteroatoms. The molecule has 0 unspecified atom stereocenters. The second-order valence-electron chi connectivity index (χ2n) is 4.03. The van der Waals surface area contributed by atoms with Gasteiger partial charge in [-0.3, -0.25) is 20.4 Å². The van der Waals surface area contributed by atoms with Gasteiger partial charge in [-0.15, -0.1) is 0 Å². The number of carbonyl (C=O) groups excluding carboxylic acids is 2. The van der Waals surface area contributed by atoms with E-state index in [1.54, 1.807) is 4.90 Å². The molecule has 0 aliphatic carbocycles. The van der Waals surface area contributed by atoms with E-state index in [2.05, 4.69) is 5.43 Å². The molecule has 0 aromatic heterocycles. The maximum absolute atomic E-state index is 11.9. The van der Waals surface area contributed by atoms with Crippen LogP contribution in [-0.2, 0) is 14.3 Å². The molecule has 122 valence electrons. The summed E-state index contributed by atoms with van der Waals surface area (Å²) in [5, 5.41) is -0.195. The van der Waals surface area contributed by atoms with Gasteiger partial charge in [0.25, 0.3) is 20.8 Å². The first kappa shape index (κ1) is 20.5. The number of carbonyl (C=O) groups is 2. The van der Waals surface area contributed by atoms with E-state index in [0.29, 0.717) is 13.1 Å². The smallest absolute Gasteiger partial charge is 0.290 e. The molecule has 2 amide bonds. The van der Waals surface area contributed by atoms with Gasteiger partial charge >= 0.3 is 0 Å². The second kappa shape index (κ2) is 10.3. The van der Waals surface area contributed by atoms with Gasteiger partial charge in [0, 0.05) is 13.1 Å². The zero-order valence-electron chi connectivity index (χ0n) is 11.7. The van der Waals surface area contributed by atoms with Crippen LogP contribution in [0, 0.1) is 0 Å². The zero-order valence-corrected chi connectivity index (χ0v) is 14.8. The van der Waals surface area contributed by atoms with Crippen LogP contribution in [0.1, 0.15) is 26.7 Å². The summed E-state index contributed by atoms with van der Waals surface area (Å²) >= 11 is 20.8. The van der Waals surface area contributed by atoms with Crippen molar-refractivity contribution in [2.24, 2.45) is 0 Å². The van der Waals surface area contributed by atoms with E-state index in [9.17, 15) is 9.59 Å². The van der Waals surface area contributed by atoms with E-state index >= 15 is 0 Å². The quantitative estimate of drug-likeness (QED) is 0.420. The lowest BCUT2D eigenvalue weighted by Gasteiger charge is -2.21. The van der Waals surface area contributed by atoms with Crippen LogP contribution in [0.15, 0.2) is 0 Å². The first-order valence-corrected chi connectivity index (χ1v) is 7.84. The number of hydrogen-bond acceptors (Lipinski definition) is 4. The highest BCUT2D eigenvalue weighted by atomic mass is 35.6. The predicted molar refractivity (Wildman–Crippen MR) is 87.3 cm³/mol. The van der Waals surface area contributed by atoms with Crippen molar-refractivity contribution in [3.8, 4) is 0 Å². The third-order valence-corrected chi connectivity index (χ3v) is 2.94. The molecule has 0 aliphatic rings. The van der Waals surface area contributed by atoms with Crippen LogP contribution in [0.25, 0.3) is 0 Å². The lowest BCUT2D eigenvalue weighted by molar-refractivity contribution is -0.133. The fourth-order valence-corrected chi connectivity index (χ4v) is 1.59. The van der Waals surface area contributed by atoms with E-state index in [1.807, 2.05) is 19.3 Å². The lowest BCUT2D eigenvalue weighted by atomic mass is 10.3. The minimum atomic E-state index is -2.11. The number of ether oxygens (including phenoxy) is 1. The monoisotopic (exact) mass is 377 g/mol. The Hall–Kier alpha value is -0.500. The Balaban J connectivity index is 4.12. The van der Waals surface area contributed by atoms with Gasteiger partial charge in [-0.2, -0.15) is 0 Å². The Morgan fingerprint density at radius 2 is 1.67 bits per heavy atom. The molecule has 0 aromatic carbocycles. The van der Waals surface area contributed by atoms with Crippen LogP contribution in [-0.4, -0.2) is 45.4 Å². The van der Waals surface area contributed by atoms with Gasteiger partial charge in [-0.05, 0) is 25.1 Å². The number of alkyl halides is 3. The van der Waals surface area contributed by atoms with E-state index in [-0.39, 0.29) is 17.7 Å². The normalized spacial score (nSPS) is 10.7. The number of hydrogen-bond donors (Lipinski definition) is 2. The molecule has 0 aromatic rings. The average Bonchev–Trinajstić information content (AvgIpc) is 2.40. The number of nitrogens with one attached hydrogen (secondary N) is 2. The molecular formula is C11H18Cl3N3O3S. The molecule has 0 atom stereocenters. The van der Waals surface area contributed by atoms with Crippen molar-refractivity contribution in [1.82, 2.24) is 15.8 Å². The van der Waals surface area contributed by atoms with Crippen molar-refractivity contribution in [1.29, 1.82) is 0 Å². The van der Waals surface area contributed by atoms with Crippen LogP contribution >= 0.6 is 47.0 Å².